The van der Waals surface area contributed by atoms with Gasteiger partial charge < -0.3 is 20.1 Å². The molecule has 2 aromatic rings. The Morgan fingerprint density at radius 3 is 2.41 bits per heavy atom. The minimum atomic E-state index is -3.83. The molecule has 1 saturated heterocycles. The van der Waals surface area contributed by atoms with Crippen molar-refractivity contribution in [1.29, 1.82) is 0 Å². The third-order valence-corrected chi connectivity index (χ3v) is 7.57. The van der Waals surface area contributed by atoms with Crippen LogP contribution in [0.3, 0.4) is 0 Å². The monoisotopic (exact) mass is 437 g/mol. The van der Waals surface area contributed by atoms with E-state index in [1.807, 2.05) is 31.2 Å². The minimum Gasteiger partial charge on any atom is -0.388 e. The van der Waals surface area contributed by atoms with Gasteiger partial charge in [0.2, 0.25) is 10.0 Å². The van der Waals surface area contributed by atoms with Crippen LogP contribution in [0.2, 0.25) is 0 Å². The minimum absolute atomic E-state index is 0.0876. The molecule has 0 aliphatic carbocycles. The lowest BCUT2D eigenvalue weighted by molar-refractivity contribution is -0.214. The van der Waals surface area contributed by atoms with Crippen LogP contribution in [-0.2, 0) is 14.8 Å². The molecular formula is C20H23NO6S2. The number of rotatable bonds is 4. The summed E-state index contributed by atoms with van der Waals surface area (Å²) in [6.07, 6.45) is -5.74. The highest BCUT2D eigenvalue weighted by molar-refractivity contribution is 7.91. The van der Waals surface area contributed by atoms with Crippen LogP contribution >= 0.6 is 11.3 Å². The van der Waals surface area contributed by atoms with Crippen molar-refractivity contribution in [2.45, 2.75) is 48.6 Å². The average molecular weight is 438 g/mol. The van der Waals surface area contributed by atoms with Crippen LogP contribution in [-0.4, -0.2) is 60.8 Å². The lowest BCUT2D eigenvalue weighted by atomic mass is 9.96. The Morgan fingerprint density at radius 1 is 1.03 bits per heavy atom. The van der Waals surface area contributed by atoms with E-state index in [4.69, 9.17) is 4.74 Å². The Labute approximate surface area is 174 Å². The van der Waals surface area contributed by atoms with E-state index < -0.39 is 40.5 Å². The van der Waals surface area contributed by atoms with Gasteiger partial charge in [0, 0.05) is 12.1 Å². The summed E-state index contributed by atoms with van der Waals surface area (Å²) in [6.45, 7) is 3.29. The fourth-order valence-electron chi connectivity index (χ4n) is 2.87. The Bertz CT molecular complexity index is 1010. The van der Waals surface area contributed by atoms with E-state index in [2.05, 4.69) is 16.6 Å². The first-order valence-electron chi connectivity index (χ1n) is 9.05. The summed E-state index contributed by atoms with van der Waals surface area (Å²) in [7, 11) is -3.83. The molecule has 5 atom stereocenters. The number of sulfonamides is 1. The second-order valence-corrected chi connectivity index (χ2v) is 10.0. The summed E-state index contributed by atoms with van der Waals surface area (Å²) in [5, 5.41) is 29.5. The van der Waals surface area contributed by atoms with Crippen LogP contribution in [0.4, 0.5) is 0 Å². The summed E-state index contributed by atoms with van der Waals surface area (Å²) in [6, 6.07) is 10.8. The molecule has 1 aliphatic heterocycles. The molecular weight excluding hydrogens is 414 g/mol. The van der Waals surface area contributed by atoms with E-state index in [1.54, 1.807) is 13.0 Å². The molecule has 0 amide bonds. The number of hydrogen-bond donors (Lipinski definition) is 4. The zero-order valence-electron chi connectivity index (χ0n) is 15.9. The molecule has 2 heterocycles. The van der Waals surface area contributed by atoms with Crippen LogP contribution in [0, 0.1) is 18.8 Å². The van der Waals surface area contributed by atoms with Gasteiger partial charge in [0.1, 0.15) is 28.6 Å². The second-order valence-electron chi connectivity index (χ2n) is 6.94. The van der Waals surface area contributed by atoms with Crippen LogP contribution < -0.4 is 4.72 Å². The average Bonchev–Trinajstić information content (AvgIpc) is 3.18. The number of thiophene rings is 1. The van der Waals surface area contributed by atoms with Crippen molar-refractivity contribution in [3.05, 3.63) is 52.4 Å². The van der Waals surface area contributed by atoms with Crippen molar-refractivity contribution in [1.82, 2.24) is 4.72 Å². The molecule has 0 bridgehead atoms. The number of hydrogen-bond acceptors (Lipinski definition) is 7. The van der Waals surface area contributed by atoms with Gasteiger partial charge in [-0.05, 0) is 38.1 Å². The molecule has 4 N–H and O–H groups in total. The first-order chi connectivity index (χ1) is 13.7. The van der Waals surface area contributed by atoms with Gasteiger partial charge >= 0.3 is 0 Å². The molecule has 3 rings (SSSR count). The fourth-order valence-corrected chi connectivity index (χ4v) is 5.12. The molecule has 1 aliphatic rings. The molecule has 1 aromatic heterocycles. The number of aliphatic hydroxyl groups excluding tert-OH is 3. The van der Waals surface area contributed by atoms with Gasteiger partial charge in [-0.25, -0.2) is 13.1 Å². The highest BCUT2D eigenvalue weighted by atomic mass is 32.2. The van der Waals surface area contributed by atoms with Crippen molar-refractivity contribution in [2.24, 2.45) is 0 Å². The topological polar surface area (TPSA) is 116 Å². The van der Waals surface area contributed by atoms with E-state index >= 15 is 0 Å². The second kappa shape index (κ2) is 8.93. The Hall–Kier alpha value is -1.77. The van der Waals surface area contributed by atoms with Gasteiger partial charge in [0.15, 0.2) is 0 Å². The largest absolute Gasteiger partial charge is 0.388 e. The van der Waals surface area contributed by atoms with E-state index in [-0.39, 0.29) is 10.8 Å². The predicted octanol–water partition coefficient (Wildman–Crippen LogP) is 0.605. The van der Waals surface area contributed by atoms with Crippen molar-refractivity contribution in [3.8, 4) is 11.8 Å². The summed E-state index contributed by atoms with van der Waals surface area (Å²) in [5.74, 6) is 5.95. The van der Waals surface area contributed by atoms with E-state index in [9.17, 15) is 23.7 Å². The van der Waals surface area contributed by atoms with Gasteiger partial charge in [-0.15, -0.1) is 11.3 Å². The van der Waals surface area contributed by atoms with Crippen LogP contribution in [0.15, 0.2) is 40.6 Å². The van der Waals surface area contributed by atoms with E-state index in [0.29, 0.717) is 4.88 Å². The first kappa shape index (κ1) is 21.9. The number of nitrogens with one attached hydrogen (secondary N) is 1. The zero-order chi connectivity index (χ0) is 21.2. The first-order valence-corrected chi connectivity index (χ1v) is 11.4. The van der Waals surface area contributed by atoms with Crippen LogP contribution in [0.5, 0.6) is 0 Å². The third-order valence-electron chi connectivity index (χ3n) is 4.65. The highest BCUT2D eigenvalue weighted by Crippen LogP contribution is 2.23. The number of aryl methyl sites for hydroxylation is 1. The van der Waals surface area contributed by atoms with Crippen molar-refractivity contribution >= 4 is 21.4 Å². The van der Waals surface area contributed by atoms with Crippen molar-refractivity contribution in [3.63, 3.8) is 0 Å². The summed E-state index contributed by atoms with van der Waals surface area (Å²) >= 11 is 1.03. The summed E-state index contributed by atoms with van der Waals surface area (Å²) < 4.78 is 32.9. The molecule has 0 spiro atoms. The summed E-state index contributed by atoms with van der Waals surface area (Å²) in [4.78, 5) is 0.604. The molecule has 1 fully saturated rings. The summed E-state index contributed by atoms with van der Waals surface area (Å²) in [5.41, 5.74) is 1.97. The normalized spacial score (nSPS) is 27.3. The number of aliphatic hydroxyl groups is 3. The lowest BCUT2D eigenvalue weighted by Crippen LogP contribution is -2.59. The molecule has 7 nitrogen and oxygen atoms in total. The number of benzene rings is 1. The maximum absolute atomic E-state index is 12.5. The third kappa shape index (κ3) is 5.24. The Morgan fingerprint density at radius 2 is 1.72 bits per heavy atom. The van der Waals surface area contributed by atoms with Gasteiger partial charge in [0.25, 0.3) is 0 Å². The highest BCUT2D eigenvalue weighted by Gasteiger charge is 2.41. The molecule has 0 saturated carbocycles. The zero-order valence-corrected chi connectivity index (χ0v) is 17.6. The SMILES string of the molecule is Cc1ccc(C#Cc2ccc(S(=O)(=O)NC[C@H]3O[C@@H](C)[C@@H](O)[C@@H](O)[C@@H]3O)s2)cc1. The van der Waals surface area contributed by atoms with Crippen LogP contribution in [0.25, 0.3) is 0 Å². The molecule has 29 heavy (non-hydrogen) atoms. The Kier molecular flexibility index (Phi) is 6.76. The smallest absolute Gasteiger partial charge is 0.250 e. The van der Waals surface area contributed by atoms with Gasteiger partial charge in [-0.3, -0.25) is 0 Å². The lowest BCUT2D eigenvalue weighted by Gasteiger charge is -2.39. The molecule has 0 unspecified atom stereocenters. The van der Waals surface area contributed by atoms with Crippen molar-refractivity contribution in [2.75, 3.05) is 6.54 Å². The van der Waals surface area contributed by atoms with E-state index in [0.717, 1.165) is 22.5 Å². The van der Waals surface area contributed by atoms with Gasteiger partial charge in [-0.1, -0.05) is 29.5 Å². The van der Waals surface area contributed by atoms with Gasteiger partial charge in [-0.2, -0.15) is 0 Å². The van der Waals surface area contributed by atoms with E-state index in [1.165, 1.54) is 6.07 Å². The maximum Gasteiger partial charge on any atom is 0.250 e. The molecule has 156 valence electrons. The quantitative estimate of drug-likeness (QED) is 0.521. The maximum atomic E-state index is 12.5. The predicted molar refractivity (Wildman–Crippen MR) is 109 cm³/mol. The molecule has 9 heteroatoms. The standard InChI is InChI=1S/C20H23NO6S2/c1-12-3-5-14(6-4-12)7-8-15-9-10-17(28-15)29(25,26)21-11-16-19(23)20(24)18(22)13(2)27-16/h3-6,9-10,13,16,18-24H,11H2,1-2H3/t13-,16+,18+,19+,20+/m0/s1. The van der Waals surface area contributed by atoms with Crippen LogP contribution in [0.1, 0.15) is 22.9 Å². The Balaban J connectivity index is 1.66. The molecule has 1 aromatic carbocycles. The number of ether oxygens (including phenoxy) is 1. The fraction of sp³-hybridized carbons (Fsp3) is 0.400. The van der Waals surface area contributed by atoms with Crippen molar-refractivity contribution < 1.29 is 28.5 Å². The van der Waals surface area contributed by atoms with Gasteiger partial charge in [0.05, 0.1) is 11.0 Å². The molecule has 0 radical (unpaired) electrons.